The van der Waals surface area contributed by atoms with E-state index in [4.69, 9.17) is 16.7 Å². The number of carbonyl (C=O) groups excluding carboxylic acids is 1. The number of benzene rings is 1. The van der Waals surface area contributed by atoms with E-state index >= 15 is 0 Å². The molecular weight excluding hydrogens is 278 g/mol. The Balaban J connectivity index is 2.04. The molecule has 4 nitrogen and oxygen atoms in total. The highest BCUT2D eigenvalue weighted by molar-refractivity contribution is 6.31. The van der Waals surface area contributed by atoms with Crippen LogP contribution in [0.4, 0.5) is 0 Å². The Bertz CT molecular complexity index is 518. The molecule has 1 aliphatic carbocycles. The third-order valence-electron chi connectivity index (χ3n) is 3.90. The van der Waals surface area contributed by atoms with E-state index in [0.29, 0.717) is 17.9 Å². The van der Waals surface area contributed by atoms with Gasteiger partial charge in [-0.15, -0.1) is 0 Å². The fourth-order valence-corrected chi connectivity index (χ4v) is 3.09. The molecule has 1 aromatic carbocycles. The highest BCUT2D eigenvalue weighted by Crippen LogP contribution is 2.33. The summed E-state index contributed by atoms with van der Waals surface area (Å²) in [6.45, 7) is 1.85. The summed E-state index contributed by atoms with van der Waals surface area (Å²) in [7, 11) is 0. The monoisotopic (exact) mass is 295 g/mol. The Morgan fingerprint density at radius 3 is 2.60 bits per heavy atom. The zero-order valence-corrected chi connectivity index (χ0v) is 12.1. The van der Waals surface area contributed by atoms with Crippen LogP contribution in [0.3, 0.4) is 0 Å². The molecule has 0 aliphatic heterocycles. The number of carboxylic acids is 1. The van der Waals surface area contributed by atoms with Gasteiger partial charge in [0.2, 0.25) is 5.91 Å². The van der Waals surface area contributed by atoms with Crippen molar-refractivity contribution in [1.82, 2.24) is 5.32 Å². The summed E-state index contributed by atoms with van der Waals surface area (Å²) >= 11 is 6.10. The van der Waals surface area contributed by atoms with Crippen molar-refractivity contribution in [1.29, 1.82) is 0 Å². The fourth-order valence-electron chi connectivity index (χ4n) is 2.79. The second-order valence-corrected chi connectivity index (χ2v) is 5.64. The number of carboxylic acid groups (broad SMARTS) is 1. The molecule has 1 aliphatic rings. The topological polar surface area (TPSA) is 66.4 Å². The van der Waals surface area contributed by atoms with Gasteiger partial charge < -0.3 is 10.4 Å². The van der Waals surface area contributed by atoms with Crippen molar-refractivity contribution < 1.29 is 14.7 Å². The van der Waals surface area contributed by atoms with Crippen molar-refractivity contribution in [3.8, 4) is 0 Å². The van der Waals surface area contributed by atoms with Gasteiger partial charge in [0, 0.05) is 5.02 Å². The summed E-state index contributed by atoms with van der Waals surface area (Å²) in [5.41, 5.74) is 0.840. The predicted molar refractivity (Wildman–Crippen MR) is 76.5 cm³/mol. The molecule has 1 fully saturated rings. The number of aliphatic carboxylic acids is 1. The zero-order valence-electron chi connectivity index (χ0n) is 11.3. The standard InChI is InChI=1S/C15H18ClNO3/c1-9(10-5-2-3-8-13(10)16)17-14(18)11-6-4-7-12(11)15(19)20/h2-3,5,8-9,11-12H,4,6-7H2,1H3,(H,17,18)(H,19,20)/t9?,11-,12+/m1/s1. The first kappa shape index (κ1) is 14.9. The first-order valence-electron chi connectivity index (χ1n) is 6.78. The Kier molecular flexibility index (Phi) is 4.65. The average molecular weight is 296 g/mol. The van der Waals surface area contributed by atoms with Gasteiger partial charge in [0.25, 0.3) is 0 Å². The van der Waals surface area contributed by atoms with E-state index in [1.807, 2.05) is 25.1 Å². The van der Waals surface area contributed by atoms with Gasteiger partial charge in [-0.3, -0.25) is 9.59 Å². The van der Waals surface area contributed by atoms with Gasteiger partial charge in [-0.1, -0.05) is 36.2 Å². The SMILES string of the molecule is CC(NC(=O)[C@@H]1CCC[C@@H]1C(=O)O)c1ccccc1Cl. The van der Waals surface area contributed by atoms with Crippen LogP contribution >= 0.6 is 11.6 Å². The van der Waals surface area contributed by atoms with Crippen molar-refractivity contribution in [2.24, 2.45) is 11.8 Å². The highest BCUT2D eigenvalue weighted by Gasteiger charge is 2.38. The largest absolute Gasteiger partial charge is 0.481 e. The minimum Gasteiger partial charge on any atom is -0.481 e. The lowest BCUT2D eigenvalue weighted by atomic mass is 9.94. The number of rotatable bonds is 4. The van der Waals surface area contributed by atoms with E-state index in [2.05, 4.69) is 5.32 Å². The molecule has 0 spiro atoms. The summed E-state index contributed by atoms with van der Waals surface area (Å²) in [4.78, 5) is 23.4. The van der Waals surface area contributed by atoms with Gasteiger partial charge >= 0.3 is 5.97 Å². The molecule has 1 saturated carbocycles. The van der Waals surface area contributed by atoms with E-state index in [1.165, 1.54) is 0 Å². The molecular formula is C15H18ClNO3. The number of carbonyl (C=O) groups is 2. The van der Waals surface area contributed by atoms with Crippen molar-refractivity contribution in [2.75, 3.05) is 0 Å². The number of amides is 1. The highest BCUT2D eigenvalue weighted by atomic mass is 35.5. The number of hydrogen-bond acceptors (Lipinski definition) is 2. The van der Waals surface area contributed by atoms with Crippen LogP contribution in [0.2, 0.25) is 5.02 Å². The van der Waals surface area contributed by atoms with Crippen LogP contribution in [-0.2, 0) is 9.59 Å². The molecule has 2 rings (SSSR count). The van der Waals surface area contributed by atoms with Gasteiger partial charge in [0.05, 0.1) is 17.9 Å². The number of hydrogen-bond donors (Lipinski definition) is 2. The maximum atomic E-state index is 12.2. The Hall–Kier alpha value is -1.55. The molecule has 5 heteroatoms. The second kappa shape index (κ2) is 6.27. The van der Waals surface area contributed by atoms with Crippen LogP contribution < -0.4 is 5.32 Å². The quantitative estimate of drug-likeness (QED) is 0.897. The Morgan fingerprint density at radius 1 is 1.30 bits per heavy atom. The first-order valence-corrected chi connectivity index (χ1v) is 7.16. The minimum atomic E-state index is -0.881. The minimum absolute atomic E-state index is 0.192. The van der Waals surface area contributed by atoms with Gasteiger partial charge in [-0.25, -0.2) is 0 Å². The number of halogens is 1. The predicted octanol–water partition coefficient (Wildman–Crippen LogP) is 3.02. The van der Waals surface area contributed by atoms with Gasteiger partial charge in [-0.2, -0.15) is 0 Å². The lowest BCUT2D eigenvalue weighted by Gasteiger charge is -2.20. The lowest BCUT2D eigenvalue weighted by molar-refractivity contribution is -0.146. The van der Waals surface area contributed by atoms with Crippen molar-refractivity contribution in [3.05, 3.63) is 34.9 Å². The summed E-state index contributed by atoms with van der Waals surface area (Å²) in [5.74, 6) is -2.07. The Morgan fingerprint density at radius 2 is 1.95 bits per heavy atom. The van der Waals surface area contributed by atoms with E-state index in [1.54, 1.807) is 6.07 Å². The smallest absolute Gasteiger partial charge is 0.307 e. The van der Waals surface area contributed by atoms with E-state index in [0.717, 1.165) is 12.0 Å². The van der Waals surface area contributed by atoms with E-state index < -0.39 is 17.8 Å². The van der Waals surface area contributed by atoms with Crippen LogP contribution in [0, 0.1) is 11.8 Å². The molecule has 0 radical (unpaired) electrons. The van der Waals surface area contributed by atoms with Gasteiger partial charge in [-0.05, 0) is 31.4 Å². The first-order chi connectivity index (χ1) is 9.50. The molecule has 0 bridgehead atoms. The fraction of sp³-hybridized carbons (Fsp3) is 0.467. The normalized spacial score (nSPS) is 23.3. The molecule has 1 amide bonds. The average Bonchev–Trinajstić information content (AvgIpc) is 2.88. The summed E-state index contributed by atoms with van der Waals surface area (Å²) < 4.78 is 0. The van der Waals surface area contributed by atoms with E-state index in [-0.39, 0.29) is 11.9 Å². The third-order valence-corrected chi connectivity index (χ3v) is 4.24. The van der Waals surface area contributed by atoms with Crippen molar-refractivity contribution >= 4 is 23.5 Å². The van der Waals surface area contributed by atoms with Gasteiger partial charge in [0.1, 0.15) is 0 Å². The summed E-state index contributed by atoms with van der Waals surface area (Å²) in [6.07, 6.45) is 2.00. The lowest BCUT2D eigenvalue weighted by Crippen LogP contribution is -2.36. The number of nitrogens with one attached hydrogen (secondary N) is 1. The maximum Gasteiger partial charge on any atom is 0.307 e. The maximum absolute atomic E-state index is 12.2. The second-order valence-electron chi connectivity index (χ2n) is 5.23. The molecule has 0 saturated heterocycles. The van der Waals surface area contributed by atoms with Crippen LogP contribution in [0.5, 0.6) is 0 Å². The third kappa shape index (κ3) is 3.12. The molecule has 0 aromatic heterocycles. The van der Waals surface area contributed by atoms with Crippen LogP contribution in [-0.4, -0.2) is 17.0 Å². The van der Waals surface area contributed by atoms with Gasteiger partial charge in [0.15, 0.2) is 0 Å². The molecule has 3 atom stereocenters. The van der Waals surface area contributed by atoms with Crippen LogP contribution in [0.25, 0.3) is 0 Å². The molecule has 2 N–H and O–H groups in total. The summed E-state index contributed by atoms with van der Waals surface area (Å²) in [5, 5.41) is 12.6. The van der Waals surface area contributed by atoms with Crippen LogP contribution in [0.1, 0.15) is 37.8 Å². The zero-order chi connectivity index (χ0) is 14.7. The Labute approximate surface area is 123 Å². The van der Waals surface area contributed by atoms with Crippen LogP contribution in [0.15, 0.2) is 24.3 Å². The van der Waals surface area contributed by atoms with E-state index in [9.17, 15) is 9.59 Å². The molecule has 20 heavy (non-hydrogen) atoms. The molecule has 0 heterocycles. The molecule has 1 unspecified atom stereocenters. The molecule has 1 aromatic rings. The van der Waals surface area contributed by atoms with Crippen molar-refractivity contribution in [3.63, 3.8) is 0 Å². The molecule has 108 valence electrons. The van der Waals surface area contributed by atoms with Crippen molar-refractivity contribution in [2.45, 2.75) is 32.2 Å². The summed E-state index contributed by atoms with van der Waals surface area (Å²) in [6, 6.07) is 7.09.